The second-order valence-electron chi connectivity index (χ2n) is 7.99. The summed E-state index contributed by atoms with van der Waals surface area (Å²) in [6.45, 7) is 4.47. The molecule has 1 unspecified atom stereocenters. The fourth-order valence-electron chi connectivity index (χ4n) is 4.20. The van der Waals surface area contributed by atoms with Gasteiger partial charge in [-0.3, -0.25) is 9.59 Å². The molecule has 7 nitrogen and oxygen atoms in total. The number of amides is 2. The van der Waals surface area contributed by atoms with E-state index in [1.165, 1.54) is 23.9 Å². The lowest BCUT2D eigenvalue weighted by Gasteiger charge is -2.31. The molecule has 4 rings (SSSR count). The molecule has 1 aromatic carbocycles. The number of piperidine rings is 1. The number of halogens is 1. The monoisotopic (exact) mass is 445 g/mol. The number of anilines is 1. The number of carbonyl (C=O) groups excluding carboxylic acids is 2. The average molecular weight is 446 g/mol. The van der Waals surface area contributed by atoms with Crippen LogP contribution in [0, 0.1) is 5.82 Å². The summed E-state index contributed by atoms with van der Waals surface area (Å²) in [4.78, 5) is 29.0. The van der Waals surface area contributed by atoms with Gasteiger partial charge in [-0.2, -0.15) is 0 Å². The Bertz CT molecular complexity index is 950. The summed E-state index contributed by atoms with van der Waals surface area (Å²) in [5.41, 5.74) is 0.590. The molecular formula is C22H28FN5O2S. The van der Waals surface area contributed by atoms with Crippen LogP contribution in [-0.4, -0.2) is 49.8 Å². The molecule has 2 aromatic rings. The maximum absolute atomic E-state index is 13.6. The van der Waals surface area contributed by atoms with Gasteiger partial charge in [0.25, 0.3) is 0 Å². The van der Waals surface area contributed by atoms with Crippen LogP contribution in [0.5, 0.6) is 0 Å². The predicted octanol–water partition coefficient (Wildman–Crippen LogP) is 3.63. The number of rotatable bonds is 6. The highest BCUT2D eigenvalue weighted by Gasteiger charge is 2.32. The Hall–Kier alpha value is -2.42. The summed E-state index contributed by atoms with van der Waals surface area (Å²) >= 11 is 1.42. The Kier molecular flexibility index (Phi) is 6.89. The second-order valence-corrected chi connectivity index (χ2v) is 9.16. The molecule has 1 atom stereocenters. The van der Waals surface area contributed by atoms with Gasteiger partial charge in [0.15, 0.2) is 11.0 Å². The topological polar surface area (TPSA) is 71.3 Å². The second kappa shape index (κ2) is 9.80. The SMILES string of the molecule is CCn1c(CN2CCCCCC2=O)nnc1SC1CCCN(c2cccc(F)c2)C1=O. The molecule has 0 saturated carbocycles. The molecule has 166 valence electrons. The summed E-state index contributed by atoms with van der Waals surface area (Å²) < 4.78 is 15.6. The third-order valence-electron chi connectivity index (χ3n) is 5.87. The van der Waals surface area contributed by atoms with Crippen LogP contribution in [-0.2, 0) is 22.7 Å². The van der Waals surface area contributed by atoms with E-state index in [4.69, 9.17) is 0 Å². The lowest BCUT2D eigenvalue weighted by atomic mass is 10.1. The first-order valence-electron chi connectivity index (χ1n) is 11.0. The van der Waals surface area contributed by atoms with E-state index < -0.39 is 0 Å². The number of carbonyl (C=O) groups is 2. The van der Waals surface area contributed by atoms with Crippen LogP contribution in [0.25, 0.3) is 0 Å². The molecule has 1 aromatic heterocycles. The Morgan fingerprint density at radius 2 is 2.00 bits per heavy atom. The largest absolute Gasteiger partial charge is 0.335 e. The van der Waals surface area contributed by atoms with Gasteiger partial charge < -0.3 is 14.4 Å². The fraction of sp³-hybridized carbons (Fsp3) is 0.545. The number of likely N-dealkylation sites (tertiary alicyclic amines) is 1. The van der Waals surface area contributed by atoms with Crippen molar-refractivity contribution < 1.29 is 14.0 Å². The number of aromatic nitrogens is 3. The zero-order chi connectivity index (χ0) is 21.8. The van der Waals surface area contributed by atoms with E-state index in [1.54, 1.807) is 17.0 Å². The molecule has 0 radical (unpaired) electrons. The minimum Gasteiger partial charge on any atom is -0.335 e. The van der Waals surface area contributed by atoms with Crippen molar-refractivity contribution in [2.24, 2.45) is 0 Å². The molecule has 9 heteroatoms. The highest BCUT2D eigenvalue weighted by molar-refractivity contribution is 8.00. The molecule has 3 heterocycles. The fourth-order valence-corrected chi connectivity index (χ4v) is 5.41. The molecule has 0 bridgehead atoms. The van der Waals surface area contributed by atoms with E-state index in [0.717, 1.165) is 44.5 Å². The van der Waals surface area contributed by atoms with Gasteiger partial charge in [0.2, 0.25) is 11.8 Å². The standard InChI is InChI=1S/C22H28FN5O2S/c1-2-27-19(15-26-12-5-3-4-11-20(26)29)24-25-22(27)31-18-10-7-13-28(21(18)30)17-9-6-8-16(23)14-17/h6,8-9,14,18H,2-5,7,10-13,15H2,1H3. The first-order chi connectivity index (χ1) is 15.1. The minimum atomic E-state index is -0.349. The number of thioether (sulfide) groups is 1. The van der Waals surface area contributed by atoms with E-state index in [0.29, 0.717) is 36.9 Å². The third kappa shape index (κ3) is 4.92. The molecule has 0 spiro atoms. The van der Waals surface area contributed by atoms with Gasteiger partial charge in [0, 0.05) is 31.7 Å². The number of nitrogens with zero attached hydrogens (tertiary/aromatic N) is 5. The average Bonchev–Trinajstić information content (AvgIpc) is 3.02. The summed E-state index contributed by atoms with van der Waals surface area (Å²) in [7, 11) is 0. The van der Waals surface area contributed by atoms with Gasteiger partial charge in [-0.1, -0.05) is 24.2 Å². The highest BCUT2D eigenvalue weighted by atomic mass is 32.2. The quantitative estimate of drug-likeness (QED) is 0.679. The summed E-state index contributed by atoms with van der Waals surface area (Å²) in [6.07, 6.45) is 5.22. The van der Waals surface area contributed by atoms with Crippen LogP contribution < -0.4 is 4.90 Å². The maximum Gasteiger partial charge on any atom is 0.240 e. The Morgan fingerprint density at radius 1 is 1.13 bits per heavy atom. The van der Waals surface area contributed by atoms with E-state index in [-0.39, 0.29) is 22.9 Å². The van der Waals surface area contributed by atoms with Crippen LogP contribution in [0.4, 0.5) is 10.1 Å². The Morgan fingerprint density at radius 3 is 2.81 bits per heavy atom. The lowest BCUT2D eigenvalue weighted by Crippen LogP contribution is -2.43. The Labute approximate surface area is 186 Å². The van der Waals surface area contributed by atoms with Crippen LogP contribution in [0.2, 0.25) is 0 Å². The molecule has 2 fully saturated rings. The van der Waals surface area contributed by atoms with Gasteiger partial charge in [-0.05, 0) is 50.8 Å². The molecule has 2 aliphatic heterocycles. The van der Waals surface area contributed by atoms with Crippen molar-refractivity contribution in [1.82, 2.24) is 19.7 Å². The minimum absolute atomic E-state index is 0.0308. The van der Waals surface area contributed by atoms with Gasteiger partial charge in [0.1, 0.15) is 5.82 Å². The van der Waals surface area contributed by atoms with Crippen LogP contribution in [0.3, 0.4) is 0 Å². The Balaban J connectivity index is 1.48. The number of benzene rings is 1. The zero-order valence-electron chi connectivity index (χ0n) is 17.8. The van der Waals surface area contributed by atoms with Crippen molar-refractivity contribution in [1.29, 1.82) is 0 Å². The number of hydrogen-bond donors (Lipinski definition) is 0. The molecule has 2 saturated heterocycles. The number of hydrogen-bond acceptors (Lipinski definition) is 5. The highest BCUT2D eigenvalue weighted by Crippen LogP contribution is 2.32. The van der Waals surface area contributed by atoms with Gasteiger partial charge in [-0.25, -0.2) is 4.39 Å². The van der Waals surface area contributed by atoms with E-state index in [2.05, 4.69) is 10.2 Å². The van der Waals surface area contributed by atoms with Crippen molar-refractivity contribution in [3.8, 4) is 0 Å². The van der Waals surface area contributed by atoms with E-state index in [1.807, 2.05) is 16.4 Å². The van der Waals surface area contributed by atoms with Crippen LogP contribution in [0.1, 0.15) is 51.3 Å². The molecule has 0 N–H and O–H groups in total. The molecule has 2 aliphatic rings. The van der Waals surface area contributed by atoms with Gasteiger partial charge >= 0.3 is 0 Å². The summed E-state index contributed by atoms with van der Waals surface area (Å²) in [5.74, 6) is 0.547. The van der Waals surface area contributed by atoms with Crippen LogP contribution >= 0.6 is 11.8 Å². The van der Waals surface area contributed by atoms with Crippen molar-refractivity contribution in [3.63, 3.8) is 0 Å². The molecule has 2 amide bonds. The smallest absolute Gasteiger partial charge is 0.240 e. The first kappa shape index (κ1) is 21.8. The van der Waals surface area contributed by atoms with Crippen molar-refractivity contribution >= 4 is 29.3 Å². The third-order valence-corrected chi connectivity index (χ3v) is 7.11. The van der Waals surface area contributed by atoms with Crippen molar-refractivity contribution in [2.45, 2.75) is 68.9 Å². The maximum atomic E-state index is 13.6. The zero-order valence-corrected chi connectivity index (χ0v) is 18.6. The summed E-state index contributed by atoms with van der Waals surface area (Å²) in [5, 5.41) is 9.10. The summed E-state index contributed by atoms with van der Waals surface area (Å²) in [6, 6.07) is 6.16. The molecule has 31 heavy (non-hydrogen) atoms. The van der Waals surface area contributed by atoms with Gasteiger partial charge in [0.05, 0.1) is 11.8 Å². The van der Waals surface area contributed by atoms with Crippen LogP contribution in [0.15, 0.2) is 29.4 Å². The first-order valence-corrected chi connectivity index (χ1v) is 11.9. The lowest BCUT2D eigenvalue weighted by molar-refractivity contribution is -0.131. The molecular weight excluding hydrogens is 417 g/mol. The predicted molar refractivity (Wildman–Crippen MR) is 117 cm³/mol. The normalized spacial score (nSPS) is 20.3. The van der Waals surface area contributed by atoms with E-state index >= 15 is 0 Å². The van der Waals surface area contributed by atoms with Crippen molar-refractivity contribution in [3.05, 3.63) is 35.9 Å². The van der Waals surface area contributed by atoms with Crippen molar-refractivity contribution in [2.75, 3.05) is 18.0 Å². The molecule has 0 aliphatic carbocycles. The van der Waals surface area contributed by atoms with E-state index in [9.17, 15) is 14.0 Å². The van der Waals surface area contributed by atoms with Gasteiger partial charge in [-0.15, -0.1) is 10.2 Å².